The maximum atomic E-state index is 12.4. The fourth-order valence-electron chi connectivity index (χ4n) is 3.68. The Labute approximate surface area is 187 Å². The molecule has 1 amide bonds. The number of hydrogen-bond acceptors (Lipinski definition) is 6. The third-order valence-corrected chi connectivity index (χ3v) is 5.59. The van der Waals surface area contributed by atoms with E-state index in [0.29, 0.717) is 23.1 Å². The quantitative estimate of drug-likeness (QED) is 0.644. The summed E-state index contributed by atoms with van der Waals surface area (Å²) < 4.78 is 16.9. The molecule has 0 bridgehead atoms. The van der Waals surface area contributed by atoms with Crippen molar-refractivity contribution in [3.63, 3.8) is 0 Å². The van der Waals surface area contributed by atoms with Crippen molar-refractivity contribution >= 4 is 34.6 Å². The van der Waals surface area contributed by atoms with E-state index >= 15 is 0 Å². The summed E-state index contributed by atoms with van der Waals surface area (Å²) in [5.74, 6) is 0.506. The minimum atomic E-state index is -0.149. The van der Waals surface area contributed by atoms with Gasteiger partial charge in [-0.2, -0.15) is 0 Å². The minimum Gasteiger partial charge on any atom is -0.489 e. The van der Waals surface area contributed by atoms with Crippen molar-refractivity contribution in [1.29, 1.82) is 0 Å². The normalized spacial score (nSPS) is 18.6. The standard InChI is InChI=1S/C23H28ClN3O4/c24-17-3-8-22(31-16-20-2-1-11-30-20)21(14-17)25-15-23(28)26-18-4-6-19(7-5-18)27-9-12-29-13-10-27/h3-8,14,20,25H,1-2,9-13,15-16H2,(H,26,28). The number of amides is 1. The molecule has 1 atom stereocenters. The summed E-state index contributed by atoms with van der Waals surface area (Å²) in [6.45, 7) is 4.62. The molecule has 0 aliphatic carbocycles. The number of carbonyl (C=O) groups excluding carboxylic acids is 1. The Morgan fingerprint density at radius 3 is 2.68 bits per heavy atom. The van der Waals surface area contributed by atoms with Crippen molar-refractivity contribution < 1.29 is 19.0 Å². The van der Waals surface area contributed by atoms with Crippen LogP contribution in [-0.2, 0) is 14.3 Å². The molecule has 31 heavy (non-hydrogen) atoms. The summed E-state index contributed by atoms with van der Waals surface area (Å²) in [4.78, 5) is 14.7. The summed E-state index contributed by atoms with van der Waals surface area (Å²) >= 11 is 6.14. The van der Waals surface area contributed by atoms with E-state index in [9.17, 15) is 4.79 Å². The first-order chi connectivity index (χ1) is 15.2. The molecule has 8 heteroatoms. The molecule has 4 rings (SSSR count). The van der Waals surface area contributed by atoms with Gasteiger partial charge in [0.05, 0.1) is 31.5 Å². The van der Waals surface area contributed by atoms with Gasteiger partial charge in [-0.3, -0.25) is 4.79 Å². The Morgan fingerprint density at radius 1 is 1.13 bits per heavy atom. The first kappa shape index (κ1) is 21.7. The highest BCUT2D eigenvalue weighted by Crippen LogP contribution is 2.29. The second-order valence-electron chi connectivity index (χ2n) is 7.63. The van der Waals surface area contributed by atoms with Crippen LogP contribution in [-0.4, -0.2) is 58.1 Å². The van der Waals surface area contributed by atoms with Crippen LogP contribution in [0.2, 0.25) is 5.02 Å². The van der Waals surface area contributed by atoms with Crippen molar-refractivity contribution in [2.75, 3.05) is 61.6 Å². The Kier molecular flexibility index (Phi) is 7.51. The lowest BCUT2D eigenvalue weighted by molar-refractivity contribution is -0.114. The van der Waals surface area contributed by atoms with Crippen molar-refractivity contribution in [3.05, 3.63) is 47.5 Å². The van der Waals surface area contributed by atoms with E-state index in [4.69, 9.17) is 25.8 Å². The van der Waals surface area contributed by atoms with Gasteiger partial charge in [-0.1, -0.05) is 11.6 Å². The number of hydrogen-bond donors (Lipinski definition) is 2. The number of carbonyl (C=O) groups is 1. The molecule has 2 N–H and O–H groups in total. The second kappa shape index (κ2) is 10.7. The summed E-state index contributed by atoms with van der Waals surface area (Å²) in [6.07, 6.45) is 2.18. The van der Waals surface area contributed by atoms with E-state index in [2.05, 4.69) is 15.5 Å². The largest absolute Gasteiger partial charge is 0.489 e. The molecular weight excluding hydrogens is 418 g/mol. The van der Waals surface area contributed by atoms with Crippen molar-refractivity contribution in [3.8, 4) is 5.75 Å². The number of benzene rings is 2. The predicted octanol–water partition coefficient (Wildman–Crippen LogP) is 3.79. The van der Waals surface area contributed by atoms with Crippen LogP contribution in [0, 0.1) is 0 Å². The van der Waals surface area contributed by atoms with Gasteiger partial charge in [-0.25, -0.2) is 0 Å². The van der Waals surface area contributed by atoms with E-state index < -0.39 is 0 Å². The van der Waals surface area contributed by atoms with Gasteiger partial charge in [0.15, 0.2) is 0 Å². The van der Waals surface area contributed by atoms with Crippen LogP contribution in [0.1, 0.15) is 12.8 Å². The highest BCUT2D eigenvalue weighted by atomic mass is 35.5. The molecular formula is C23H28ClN3O4. The van der Waals surface area contributed by atoms with Crippen LogP contribution in [0.15, 0.2) is 42.5 Å². The fraction of sp³-hybridized carbons (Fsp3) is 0.435. The van der Waals surface area contributed by atoms with Gasteiger partial charge >= 0.3 is 0 Å². The molecule has 0 spiro atoms. The molecule has 0 aromatic heterocycles. The lowest BCUT2D eigenvalue weighted by Gasteiger charge is -2.28. The molecule has 166 valence electrons. The number of ether oxygens (including phenoxy) is 3. The zero-order valence-electron chi connectivity index (χ0n) is 17.4. The molecule has 2 aromatic rings. The maximum absolute atomic E-state index is 12.4. The first-order valence-corrected chi connectivity index (χ1v) is 11.1. The Balaban J connectivity index is 1.29. The molecule has 2 aliphatic rings. The van der Waals surface area contributed by atoms with E-state index in [-0.39, 0.29) is 18.6 Å². The number of morpholine rings is 1. The van der Waals surface area contributed by atoms with E-state index in [1.54, 1.807) is 12.1 Å². The van der Waals surface area contributed by atoms with E-state index in [1.165, 1.54) is 0 Å². The van der Waals surface area contributed by atoms with Gasteiger partial charge in [0.1, 0.15) is 12.4 Å². The molecule has 1 unspecified atom stereocenters. The van der Waals surface area contributed by atoms with Gasteiger partial charge < -0.3 is 29.7 Å². The van der Waals surface area contributed by atoms with Gasteiger partial charge in [0, 0.05) is 36.1 Å². The van der Waals surface area contributed by atoms with Gasteiger partial charge in [0.25, 0.3) is 0 Å². The second-order valence-corrected chi connectivity index (χ2v) is 8.07. The monoisotopic (exact) mass is 445 g/mol. The molecule has 2 aromatic carbocycles. The van der Waals surface area contributed by atoms with Gasteiger partial charge in [-0.05, 0) is 55.3 Å². The minimum absolute atomic E-state index is 0.0991. The van der Waals surface area contributed by atoms with Gasteiger partial charge in [-0.15, -0.1) is 0 Å². The Hall–Kier alpha value is -2.48. The lowest BCUT2D eigenvalue weighted by atomic mass is 10.2. The average Bonchev–Trinajstić information content (AvgIpc) is 3.32. The van der Waals surface area contributed by atoms with Crippen molar-refractivity contribution in [2.45, 2.75) is 18.9 Å². The highest BCUT2D eigenvalue weighted by molar-refractivity contribution is 6.31. The van der Waals surface area contributed by atoms with Crippen LogP contribution in [0.4, 0.5) is 17.1 Å². The summed E-state index contributed by atoms with van der Waals surface area (Å²) in [5, 5.41) is 6.62. The molecule has 2 heterocycles. The van der Waals surface area contributed by atoms with E-state index in [1.807, 2.05) is 30.3 Å². The topological polar surface area (TPSA) is 72.1 Å². The summed E-state index contributed by atoms with van der Waals surface area (Å²) in [6, 6.07) is 13.2. The fourth-order valence-corrected chi connectivity index (χ4v) is 3.85. The number of anilines is 3. The predicted molar refractivity (Wildman–Crippen MR) is 123 cm³/mol. The molecule has 2 fully saturated rings. The molecule has 2 aliphatic heterocycles. The van der Waals surface area contributed by atoms with Crippen LogP contribution >= 0.6 is 11.6 Å². The van der Waals surface area contributed by atoms with Crippen molar-refractivity contribution in [1.82, 2.24) is 0 Å². The van der Waals surface area contributed by atoms with Crippen LogP contribution in [0.5, 0.6) is 5.75 Å². The zero-order valence-corrected chi connectivity index (χ0v) is 18.2. The lowest BCUT2D eigenvalue weighted by Crippen LogP contribution is -2.36. The zero-order chi connectivity index (χ0) is 21.5. The van der Waals surface area contributed by atoms with Crippen LogP contribution < -0.4 is 20.3 Å². The maximum Gasteiger partial charge on any atom is 0.243 e. The number of rotatable bonds is 8. The first-order valence-electron chi connectivity index (χ1n) is 10.7. The Bertz CT molecular complexity index is 866. The summed E-state index contributed by atoms with van der Waals surface area (Å²) in [5.41, 5.74) is 2.57. The van der Waals surface area contributed by atoms with Crippen LogP contribution in [0.25, 0.3) is 0 Å². The molecule has 0 radical (unpaired) electrons. The summed E-state index contributed by atoms with van der Waals surface area (Å²) in [7, 11) is 0. The molecule has 7 nitrogen and oxygen atoms in total. The van der Waals surface area contributed by atoms with Crippen molar-refractivity contribution in [2.24, 2.45) is 0 Å². The highest BCUT2D eigenvalue weighted by Gasteiger charge is 2.17. The smallest absolute Gasteiger partial charge is 0.243 e. The number of nitrogens with zero attached hydrogens (tertiary/aromatic N) is 1. The third kappa shape index (κ3) is 6.26. The third-order valence-electron chi connectivity index (χ3n) is 5.36. The van der Waals surface area contributed by atoms with Gasteiger partial charge in [0.2, 0.25) is 5.91 Å². The SMILES string of the molecule is O=C(CNc1cc(Cl)ccc1OCC1CCCO1)Nc1ccc(N2CCOCC2)cc1. The molecule has 0 saturated carbocycles. The molecule has 2 saturated heterocycles. The number of halogens is 1. The van der Waals surface area contributed by atoms with Crippen LogP contribution in [0.3, 0.4) is 0 Å². The Morgan fingerprint density at radius 2 is 1.94 bits per heavy atom. The number of nitrogens with one attached hydrogen (secondary N) is 2. The average molecular weight is 446 g/mol. The van der Waals surface area contributed by atoms with E-state index in [0.717, 1.165) is 57.1 Å².